The Labute approximate surface area is 128 Å². The zero-order valence-electron chi connectivity index (χ0n) is 13.5. The van der Waals surface area contributed by atoms with Crippen molar-refractivity contribution < 1.29 is 9.59 Å². The summed E-state index contributed by atoms with van der Waals surface area (Å²) in [6, 6.07) is 0. The lowest BCUT2D eigenvalue weighted by molar-refractivity contribution is -0.155. The van der Waals surface area contributed by atoms with Gasteiger partial charge >= 0.3 is 0 Å². The Morgan fingerprint density at radius 3 is 2.62 bits per heavy atom. The maximum absolute atomic E-state index is 13.0. The van der Waals surface area contributed by atoms with Crippen LogP contribution in [0.4, 0.5) is 0 Å². The van der Waals surface area contributed by atoms with Crippen LogP contribution >= 0.6 is 0 Å². The molecule has 0 unspecified atom stereocenters. The van der Waals surface area contributed by atoms with Crippen LogP contribution in [0.15, 0.2) is 0 Å². The maximum atomic E-state index is 13.0. The predicted octanol–water partition coefficient (Wildman–Crippen LogP) is 4.17. The molecule has 0 saturated heterocycles. The SMILES string of the molecule is C[C@]12CC(=O)C[C@@H]1[C@@H]1CC[C@H]3CCCC[C@]3(C)[C@H]1C(=O)C2. The van der Waals surface area contributed by atoms with Gasteiger partial charge < -0.3 is 0 Å². The van der Waals surface area contributed by atoms with Crippen LogP contribution in [-0.2, 0) is 9.59 Å². The van der Waals surface area contributed by atoms with E-state index in [1.54, 1.807) is 0 Å². The van der Waals surface area contributed by atoms with E-state index < -0.39 is 0 Å². The quantitative estimate of drug-likeness (QED) is 0.670. The molecule has 4 aliphatic carbocycles. The number of Topliss-reactive ketones (excluding diaryl/α,β-unsaturated/α-hetero) is 2. The Morgan fingerprint density at radius 1 is 1.00 bits per heavy atom. The van der Waals surface area contributed by atoms with Gasteiger partial charge in [-0.05, 0) is 54.3 Å². The van der Waals surface area contributed by atoms with Gasteiger partial charge in [-0.1, -0.05) is 26.7 Å². The average Bonchev–Trinajstić information content (AvgIpc) is 2.71. The molecule has 0 aromatic carbocycles. The molecule has 0 radical (unpaired) electrons. The van der Waals surface area contributed by atoms with E-state index in [1.807, 2.05) is 0 Å². The fourth-order valence-electron chi connectivity index (χ4n) is 6.92. The first-order chi connectivity index (χ1) is 9.94. The summed E-state index contributed by atoms with van der Waals surface area (Å²) in [6.07, 6.45) is 9.80. The van der Waals surface area contributed by atoms with Crippen molar-refractivity contribution in [3.8, 4) is 0 Å². The van der Waals surface area contributed by atoms with Gasteiger partial charge in [0.15, 0.2) is 0 Å². The second-order valence-electron chi connectivity index (χ2n) is 8.99. The molecule has 116 valence electrons. The van der Waals surface area contributed by atoms with Crippen molar-refractivity contribution in [3.05, 3.63) is 0 Å². The van der Waals surface area contributed by atoms with Gasteiger partial charge in [0.1, 0.15) is 11.6 Å². The van der Waals surface area contributed by atoms with Crippen molar-refractivity contribution in [2.24, 2.45) is 34.5 Å². The average molecular weight is 288 g/mol. The number of carbonyl (C=O) groups is 2. The van der Waals surface area contributed by atoms with E-state index in [1.165, 1.54) is 38.5 Å². The fraction of sp³-hybridized carbons (Fsp3) is 0.895. The highest BCUT2D eigenvalue weighted by Gasteiger charge is 2.61. The molecule has 0 bridgehead atoms. The topological polar surface area (TPSA) is 34.1 Å². The molecule has 0 aromatic rings. The molecule has 0 aliphatic heterocycles. The third-order valence-electron chi connectivity index (χ3n) is 7.82. The van der Waals surface area contributed by atoms with Crippen molar-refractivity contribution in [2.45, 2.75) is 71.6 Å². The van der Waals surface area contributed by atoms with Crippen molar-refractivity contribution >= 4 is 11.6 Å². The molecule has 6 atom stereocenters. The Morgan fingerprint density at radius 2 is 1.81 bits per heavy atom. The third kappa shape index (κ3) is 1.83. The summed E-state index contributed by atoms with van der Waals surface area (Å²) >= 11 is 0. The molecule has 21 heavy (non-hydrogen) atoms. The smallest absolute Gasteiger partial charge is 0.137 e. The first-order valence-corrected chi connectivity index (χ1v) is 8.98. The standard InChI is InChI=1S/C19H28O2/c1-18-10-13(20)9-15(18)14-7-6-12-5-3-4-8-19(12,2)17(14)16(21)11-18/h12,14-15,17H,3-11H2,1-2H3/t12-,14+,15-,17-,18-,19+/m1/s1. The van der Waals surface area contributed by atoms with Gasteiger partial charge in [0.05, 0.1) is 0 Å². The summed E-state index contributed by atoms with van der Waals surface area (Å²) < 4.78 is 0. The summed E-state index contributed by atoms with van der Waals surface area (Å²) in [4.78, 5) is 25.1. The number of ketones is 2. The van der Waals surface area contributed by atoms with Gasteiger partial charge in [0, 0.05) is 25.2 Å². The summed E-state index contributed by atoms with van der Waals surface area (Å²) in [6.45, 7) is 4.62. The molecule has 0 amide bonds. The van der Waals surface area contributed by atoms with Gasteiger partial charge in [-0.2, -0.15) is 0 Å². The minimum Gasteiger partial charge on any atom is -0.300 e. The highest BCUT2D eigenvalue weighted by atomic mass is 16.1. The van der Waals surface area contributed by atoms with Crippen LogP contribution in [0.5, 0.6) is 0 Å². The van der Waals surface area contributed by atoms with E-state index in [-0.39, 0.29) is 16.7 Å². The van der Waals surface area contributed by atoms with Crippen molar-refractivity contribution in [2.75, 3.05) is 0 Å². The molecular formula is C19H28O2. The Hall–Kier alpha value is -0.660. The van der Waals surface area contributed by atoms with E-state index in [9.17, 15) is 9.59 Å². The Balaban J connectivity index is 1.72. The van der Waals surface area contributed by atoms with E-state index in [0.29, 0.717) is 36.2 Å². The van der Waals surface area contributed by atoms with Crippen LogP contribution in [0.2, 0.25) is 0 Å². The van der Waals surface area contributed by atoms with Gasteiger partial charge in [-0.15, -0.1) is 0 Å². The van der Waals surface area contributed by atoms with Crippen LogP contribution in [0.25, 0.3) is 0 Å². The zero-order valence-corrected chi connectivity index (χ0v) is 13.5. The lowest BCUT2D eigenvalue weighted by atomic mass is 9.45. The second-order valence-corrected chi connectivity index (χ2v) is 8.99. The van der Waals surface area contributed by atoms with Crippen LogP contribution in [0.3, 0.4) is 0 Å². The summed E-state index contributed by atoms with van der Waals surface area (Å²) in [7, 11) is 0. The monoisotopic (exact) mass is 288 g/mol. The summed E-state index contributed by atoms with van der Waals surface area (Å²) in [5.74, 6) is 2.93. The normalized spacial score (nSPS) is 53.0. The molecule has 2 heteroatoms. The number of hydrogen-bond acceptors (Lipinski definition) is 2. The van der Waals surface area contributed by atoms with Crippen LogP contribution in [-0.4, -0.2) is 11.6 Å². The molecule has 4 fully saturated rings. The third-order valence-corrected chi connectivity index (χ3v) is 7.82. The highest BCUT2D eigenvalue weighted by Crippen LogP contribution is 2.64. The van der Waals surface area contributed by atoms with Crippen LogP contribution in [0, 0.1) is 34.5 Å². The summed E-state index contributed by atoms with van der Waals surface area (Å²) in [5, 5.41) is 0. The first-order valence-electron chi connectivity index (χ1n) is 8.98. The maximum Gasteiger partial charge on any atom is 0.137 e. The Kier molecular flexibility index (Phi) is 2.94. The number of rotatable bonds is 0. The summed E-state index contributed by atoms with van der Waals surface area (Å²) in [5.41, 5.74) is 0.235. The van der Waals surface area contributed by atoms with E-state index in [2.05, 4.69) is 13.8 Å². The van der Waals surface area contributed by atoms with Crippen molar-refractivity contribution in [1.82, 2.24) is 0 Å². The molecule has 4 aliphatic rings. The molecule has 0 aromatic heterocycles. The number of carbonyl (C=O) groups excluding carboxylic acids is 2. The minimum atomic E-state index is -0.00675. The van der Waals surface area contributed by atoms with Gasteiger partial charge in [0.25, 0.3) is 0 Å². The first kappa shape index (κ1) is 14.0. The molecule has 4 rings (SSSR count). The van der Waals surface area contributed by atoms with Gasteiger partial charge in [-0.25, -0.2) is 0 Å². The van der Waals surface area contributed by atoms with Crippen LogP contribution in [0.1, 0.15) is 71.6 Å². The highest BCUT2D eigenvalue weighted by molar-refractivity contribution is 5.89. The largest absolute Gasteiger partial charge is 0.300 e. The molecule has 0 N–H and O–H groups in total. The number of fused-ring (bicyclic) bond motifs is 5. The lowest BCUT2D eigenvalue weighted by Gasteiger charge is -2.58. The molecule has 0 spiro atoms. The zero-order chi connectivity index (χ0) is 14.8. The lowest BCUT2D eigenvalue weighted by Crippen LogP contribution is -2.55. The van der Waals surface area contributed by atoms with E-state index in [0.717, 1.165) is 12.3 Å². The molecular weight excluding hydrogens is 260 g/mol. The molecule has 4 saturated carbocycles. The van der Waals surface area contributed by atoms with Crippen LogP contribution < -0.4 is 0 Å². The predicted molar refractivity (Wildman–Crippen MR) is 81.7 cm³/mol. The van der Waals surface area contributed by atoms with E-state index in [4.69, 9.17) is 0 Å². The molecule has 0 heterocycles. The fourth-order valence-corrected chi connectivity index (χ4v) is 6.92. The van der Waals surface area contributed by atoms with Gasteiger partial charge in [0.2, 0.25) is 0 Å². The second kappa shape index (κ2) is 4.43. The van der Waals surface area contributed by atoms with E-state index >= 15 is 0 Å². The molecule has 2 nitrogen and oxygen atoms in total. The van der Waals surface area contributed by atoms with Crippen molar-refractivity contribution in [1.29, 1.82) is 0 Å². The Bertz CT molecular complexity index is 496. The van der Waals surface area contributed by atoms with Gasteiger partial charge in [-0.3, -0.25) is 9.59 Å². The van der Waals surface area contributed by atoms with Crippen molar-refractivity contribution in [3.63, 3.8) is 0 Å². The minimum absolute atomic E-state index is 0.00675. The number of hydrogen-bond donors (Lipinski definition) is 0.